The molecule has 1 atom stereocenters. The summed E-state index contributed by atoms with van der Waals surface area (Å²) in [5, 5.41) is 10.1. The number of aliphatic hydroxyl groups is 1. The first-order chi connectivity index (χ1) is 8.69. The van der Waals surface area contributed by atoms with E-state index in [4.69, 9.17) is 4.74 Å². The molecule has 0 saturated carbocycles. The van der Waals surface area contributed by atoms with Gasteiger partial charge in [-0.15, -0.1) is 0 Å². The topological polar surface area (TPSA) is 49.8 Å². The van der Waals surface area contributed by atoms with Crippen molar-refractivity contribution in [2.24, 2.45) is 0 Å². The van der Waals surface area contributed by atoms with Crippen molar-refractivity contribution in [2.75, 3.05) is 13.6 Å². The zero-order chi connectivity index (χ0) is 14.6. The molecule has 0 aromatic heterocycles. The molecule has 106 valence electrons. The first kappa shape index (κ1) is 15.5. The molecule has 1 unspecified atom stereocenters. The predicted molar refractivity (Wildman–Crippen MR) is 75.0 cm³/mol. The molecule has 0 heterocycles. The van der Waals surface area contributed by atoms with E-state index in [1.807, 2.05) is 52.0 Å². The molecule has 1 aromatic rings. The number of hydrogen-bond donors (Lipinski definition) is 1. The number of ether oxygens (including phenoxy) is 1. The second-order valence-electron chi connectivity index (χ2n) is 5.79. The Labute approximate surface area is 115 Å². The number of amides is 1. The van der Waals surface area contributed by atoms with E-state index in [2.05, 4.69) is 0 Å². The number of carbonyl (C=O) groups excluding carboxylic acids is 1. The average Bonchev–Trinajstić information content (AvgIpc) is 2.27. The summed E-state index contributed by atoms with van der Waals surface area (Å²) < 4.78 is 5.23. The molecule has 0 bridgehead atoms. The molecule has 1 rings (SSSR count). The monoisotopic (exact) mass is 265 g/mol. The summed E-state index contributed by atoms with van der Waals surface area (Å²) >= 11 is 0. The highest BCUT2D eigenvalue weighted by molar-refractivity contribution is 5.67. The van der Waals surface area contributed by atoms with Crippen LogP contribution in [0.3, 0.4) is 0 Å². The molecular formula is C15H23NO3. The molecule has 0 aliphatic carbocycles. The smallest absolute Gasteiger partial charge is 0.410 e. The SMILES string of the molecule is Cc1ccc(C(O)CN(C)C(=O)OC(C)(C)C)cc1. The fourth-order valence-electron chi connectivity index (χ4n) is 1.57. The second kappa shape index (κ2) is 6.06. The van der Waals surface area contributed by atoms with Gasteiger partial charge in [-0.1, -0.05) is 29.8 Å². The zero-order valence-corrected chi connectivity index (χ0v) is 12.3. The van der Waals surface area contributed by atoms with Crippen molar-refractivity contribution in [3.63, 3.8) is 0 Å². The van der Waals surface area contributed by atoms with Gasteiger partial charge >= 0.3 is 6.09 Å². The van der Waals surface area contributed by atoms with E-state index < -0.39 is 17.8 Å². The zero-order valence-electron chi connectivity index (χ0n) is 12.3. The molecule has 0 spiro atoms. The Bertz CT molecular complexity index is 420. The van der Waals surface area contributed by atoms with E-state index in [-0.39, 0.29) is 6.54 Å². The molecule has 19 heavy (non-hydrogen) atoms. The quantitative estimate of drug-likeness (QED) is 0.914. The molecule has 4 heteroatoms. The Morgan fingerprint density at radius 2 is 1.84 bits per heavy atom. The lowest BCUT2D eigenvalue weighted by Gasteiger charge is -2.26. The van der Waals surface area contributed by atoms with Gasteiger partial charge in [0.2, 0.25) is 0 Å². The number of aryl methyl sites for hydroxylation is 1. The van der Waals surface area contributed by atoms with Gasteiger partial charge in [0.1, 0.15) is 5.60 Å². The van der Waals surface area contributed by atoms with E-state index in [9.17, 15) is 9.90 Å². The predicted octanol–water partition coefficient (Wildman–Crippen LogP) is 2.90. The number of aliphatic hydroxyl groups excluding tert-OH is 1. The van der Waals surface area contributed by atoms with Crippen LogP contribution in [-0.2, 0) is 4.74 Å². The van der Waals surface area contributed by atoms with Crippen LogP contribution in [0.25, 0.3) is 0 Å². The van der Waals surface area contributed by atoms with Gasteiger partial charge in [-0.05, 0) is 33.3 Å². The van der Waals surface area contributed by atoms with Crippen LogP contribution in [0, 0.1) is 6.92 Å². The lowest BCUT2D eigenvalue weighted by molar-refractivity contribution is 0.0205. The van der Waals surface area contributed by atoms with E-state index in [0.29, 0.717) is 0 Å². The van der Waals surface area contributed by atoms with Crippen molar-refractivity contribution >= 4 is 6.09 Å². The first-order valence-corrected chi connectivity index (χ1v) is 6.38. The Morgan fingerprint density at radius 1 is 1.32 bits per heavy atom. The van der Waals surface area contributed by atoms with Crippen molar-refractivity contribution in [2.45, 2.75) is 39.4 Å². The third kappa shape index (κ3) is 5.30. The van der Waals surface area contributed by atoms with Gasteiger partial charge in [-0.3, -0.25) is 0 Å². The minimum Gasteiger partial charge on any atom is -0.444 e. The van der Waals surface area contributed by atoms with Crippen LogP contribution >= 0.6 is 0 Å². The minimum absolute atomic E-state index is 0.206. The maximum atomic E-state index is 11.8. The number of rotatable bonds is 3. The van der Waals surface area contributed by atoms with Gasteiger partial charge in [0.15, 0.2) is 0 Å². The minimum atomic E-state index is -0.710. The van der Waals surface area contributed by atoms with Gasteiger partial charge in [-0.2, -0.15) is 0 Å². The van der Waals surface area contributed by atoms with E-state index >= 15 is 0 Å². The van der Waals surface area contributed by atoms with Gasteiger partial charge in [0.25, 0.3) is 0 Å². The van der Waals surface area contributed by atoms with Crippen molar-refractivity contribution in [3.05, 3.63) is 35.4 Å². The fraction of sp³-hybridized carbons (Fsp3) is 0.533. The maximum absolute atomic E-state index is 11.8. The second-order valence-corrected chi connectivity index (χ2v) is 5.79. The largest absolute Gasteiger partial charge is 0.444 e. The molecule has 0 saturated heterocycles. The highest BCUT2D eigenvalue weighted by Crippen LogP contribution is 2.16. The highest BCUT2D eigenvalue weighted by Gasteiger charge is 2.21. The molecule has 1 amide bonds. The third-order valence-corrected chi connectivity index (χ3v) is 2.61. The van der Waals surface area contributed by atoms with Gasteiger partial charge in [-0.25, -0.2) is 4.79 Å². The van der Waals surface area contributed by atoms with Crippen molar-refractivity contribution in [3.8, 4) is 0 Å². The lowest BCUT2D eigenvalue weighted by atomic mass is 10.1. The molecule has 1 N–H and O–H groups in total. The molecule has 0 aliphatic rings. The summed E-state index contributed by atoms with van der Waals surface area (Å²) in [5.41, 5.74) is 1.40. The third-order valence-electron chi connectivity index (χ3n) is 2.61. The van der Waals surface area contributed by atoms with Gasteiger partial charge in [0.05, 0.1) is 12.6 Å². The number of benzene rings is 1. The number of hydrogen-bond acceptors (Lipinski definition) is 3. The van der Waals surface area contributed by atoms with Crippen LogP contribution in [0.1, 0.15) is 38.0 Å². The summed E-state index contributed by atoms with van der Waals surface area (Å²) in [7, 11) is 1.62. The molecular weight excluding hydrogens is 242 g/mol. The maximum Gasteiger partial charge on any atom is 0.410 e. The number of carbonyl (C=O) groups is 1. The normalized spacial score (nSPS) is 12.9. The average molecular weight is 265 g/mol. The van der Waals surface area contributed by atoms with Gasteiger partial charge < -0.3 is 14.7 Å². The summed E-state index contributed by atoms with van der Waals surface area (Å²) in [6.07, 6.45) is -1.14. The Hall–Kier alpha value is -1.55. The molecule has 1 aromatic carbocycles. The molecule has 0 aliphatic heterocycles. The van der Waals surface area contributed by atoms with Crippen LogP contribution in [0.2, 0.25) is 0 Å². The Kier molecular flexibility index (Phi) is 4.95. The fourth-order valence-corrected chi connectivity index (χ4v) is 1.57. The number of likely N-dealkylation sites (N-methyl/N-ethyl adjacent to an activating group) is 1. The van der Waals surface area contributed by atoms with E-state index in [1.165, 1.54) is 4.90 Å². The summed E-state index contributed by atoms with van der Waals surface area (Å²) in [6, 6.07) is 7.60. The first-order valence-electron chi connectivity index (χ1n) is 6.38. The Balaban J connectivity index is 2.59. The molecule has 4 nitrogen and oxygen atoms in total. The lowest BCUT2D eigenvalue weighted by Crippen LogP contribution is -2.36. The standard InChI is InChI=1S/C15H23NO3/c1-11-6-8-12(9-7-11)13(17)10-16(5)14(18)19-15(2,3)4/h6-9,13,17H,10H2,1-5H3. The summed E-state index contributed by atoms with van der Waals surface area (Å²) in [6.45, 7) is 7.64. The van der Waals surface area contributed by atoms with Gasteiger partial charge in [0, 0.05) is 7.05 Å². The van der Waals surface area contributed by atoms with Crippen molar-refractivity contribution in [1.29, 1.82) is 0 Å². The molecule has 0 fully saturated rings. The number of nitrogens with zero attached hydrogens (tertiary/aromatic N) is 1. The Morgan fingerprint density at radius 3 is 2.32 bits per heavy atom. The van der Waals surface area contributed by atoms with Crippen LogP contribution in [0.5, 0.6) is 0 Å². The van der Waals surface area contributed by atoms with Crippen LogP contribution in [0.15, 0.2) is 24.3 Å². The van der Waals surface area contributed by atoms with Crippen LogP contribution in [0.4, 0.5) is 4.79 Å². The summed E-state index contributed by atoms with van der Waals surface area (Å²) in [4.78, 5) is 13.2. The van der Waals surface area contributed by atoms with Crippen LogP contribution in [-0.4, -0.2) is 35.3 Å². The highest BCUT2D eigenvalue weighted by atomic mass is 16.6. The summed E-state index contributed by atoms with van der Waals surface area (Å²) in [5.74, 6) is 0. The van der Waals surface area contributed by atoms with E-state index in [1.54, 1.807) is 7.05 Å². The van der Waals surface area contributed by atoms with Crippen molar-refractivity contribution in [1.82, 2.24) is 4.90 Å². The van der Waals surface area contributed by atoms with Crippen LogP contribution < -0.4 is 0 Å². The van der Waals surface area contributed by atoms with Crippen molar-refractivity contribution < 1.29 is 14.6 Å². The molecule has 0 radical (unpaired) electrons. The van der Waals surface area contributed by atoms with E-state index in [0.717, 1.165) is 11.1 Å².